The van der Waals surface area contributed by atoms with Crippen LogP contribution >= 0.6 is 0 Å². The SMILES string of the molecule is Cc1ncc(CO)c(CNCC(C)c2ccccc2)c1O. The number of rotatable bonds is 6. The summed E-state index contributed by atoms with van der Waals surface area (Å²) < 4.78 is 0. The van der Waals surface area contributed by atoms with Gasteiger partial charge in [-0.05, 0) is 18.4 Å². The predicted molar refractivity (Wildman–Crippen MR) is 83.1 cm³/mol. The molecule has 1 heterocycles. The molecule has 1 atom stereocenters. The second kappa shape index (κ2) is 7.20. The quantitative estimate of drug-likeness (QED) is 0.763. The van der Waals surface area contributed by atoms with E-state index in [9.17, 15) is 10.2 Å². The number of benzene rings is 1. The lowest BCUT2D eigenvalue weighted by Crippen LogP contribution is -2.20. The van der Waals surface area contributed by atoms with Gasteiger partial charge in [-0.1, -0.05) is 37.3 Å². The number of hydrogen-bond donors (Lipinski definition) is 3. The molecule has 112 valence electrons. The first-order valence-corrected chi connectivity index (χ1v) is 7.16. The van der Waals surface area contributed by atoms with Crippen LogP contribution in [0.2, 0.25) is 0 Å². The van der Waals surface area contributed by atoms with Gasteiger partial charge in [-0.2, -0.15) is 0 Å². The summed E-state index contributed by atoms with van der Waals surface area (Å²) in [4.78, 5) is 4.06. The van der Waals surface area contributed by atoms with Crippen molar-refractivity contribution in [3.8, 4) is 5.75 Å². The first kappa shape index (κ1) is 15.5. The maximum atomic E-state index is 10.1. The van der Waals surface area contributed by atoms with Gasteiger partial charge in [0.1, 0.15) is 5.75 Å². The van der Waals surface area contributed by atoms with Crippen LogP contribution in [0.3, 0.4) is 0 Å². The minimum Gasteiger partial charge on any atom is -0.506 e. The minimum atomic E-state index is -0.119. The van der Waals surface area contributed by atoms with E-state index in [0.717, 1.165) is 12.1 Å². The summed E-state index contributed by atoms with van der Waals surface area (Å²) in [5, 5.41) is 22.8. The van der Waals surface area contributed by atoms with Crippen molar-refractivity contribution < 1.29 is 10.2 Å². The van der Waals surface area contributed by atoms with E-state index in [4.69, 9.17) is 0 Å². The molecule has 0 saturated heterocycles. The first-order valence-electron chi connectivity index (χ1n) is 7.16. The van der Waals surface area contributed by atoms with Crippen LogP contribution in [0, 0.1) is 6.92 Å². The molecule has 4 heteroatoms. The molecule has 1 aromatic heterocycles. The summed E-state index contributed by atoms with van der Waals surface area (Å²) in [7, 11) is 0. The van der Waals surface area contributed by atoms with Crippen molar-refractivity contribution in [2.24, 2.45) is 0 Å². The smallest absolute Gasteiger partial charge is 0.141 e. The summed E-state index contributed by atoms with van der Waals surface area (Å²) >= 11 is 0. The Hall–Kier alpha value is -1.91. The van der Waals surface area contributed by atoms with Gasteiger partial charge in [0, 0.05) is 30.4 Å². The van der Waals surface area contributed by atoms with Crippen LogP contribution in [0.15, 0.2) is 36.5 Å². The van der Waals surface area contributed by atoms with E-state index < -0.39 is 0 Å². The lowest BCUT2D eigenvalue weighted by molar-refractivity contribution is 0.278. The number of aliphatic hydroxyl groups excluding tert-OH is 1. The number of hydrogen-bond acceptors (Lipinski definition) is 4. The van der Waals surface area contributed by atoms with Gasteiger partial charge in [-0.15, -0.1) is 0 Å². The molecule has 1 unspecified atom stereocenters. The van der Waals surface area contributed by atoms with E-state index in [2.05, 4.69) is 29.4 Å². The summed E-state index contributed by atoms with van der Waals surface area (Å²) in [5.74, 6) is 0.551. The molecule has 0 aliphatic carbocycles. The zero-order valence-corrected chi connectivity index (χ0v) is 12.5. The average Bonchev–Trinajstić information content (AvgIpc) is 2.52. The molecule has 0 aliphatic heterocycles. The van der Waals surface area contributed by atoms with E-state index in [1.807, 2.05) is 18.2 Å². The molecular weight excluding hydrogens is 264 g/mol. The molecule has 2 rings (SSSR count). The molecule has 0 aliphatic rings. The largest absolute Gasteiger partial charge is 0.506 e. The molecule has 1 aromatic carbocycles. The maximum absolute atomic E-state index is 10.1. The topological polar surface area (TPSA) is 65.4 Å². The fraction of sp³-hybridized carbons (Fsp3) is 0.353. The fourth-order valence-electron chi connectivity index (χ4n) is 2.33. The summed E-state index contributed by atoms with van der Waals surface area (Å²) in [5.41, 5.74) is 3.26. The van der Waals surface area contributed by atoms with Gasteiger partial charge in [-0.3, -0.25) is 4.98 Å². The maximum Gasteiger partial charge on any atom is 0.141 e. The Bertz CT molecular complexity index is 585. The van der Waals surface area contributed by atoms with E-state index in [0.29, 0.717) is 23.7 Å². The molecule has 21 heavy (non-hydrogen) atoms. The van der Waals surface area contributed by atoms with Crippen molar-refractivity contribution in [2.45, 2.75) is 32.9 Å². The molecule has 3 N–H and O–H groups in total. The zero-order valence-electron chi connectivity index (χ0n) is 12.5. The Kier molecular flexibility index (Phi) is 5.31. The van der Waals surface area contributed by atoms with Gasteiger partial charge in [0.05, 0.1) is 12.3 Å². The van der Waals surface area contributed by atoms with Crippen molar-refractivity contribution in [1.82, 2.24) is 10.3 Å². The van der Waals surface area contributed by atoms with Gasteiger partial charge in [0.25, 0.3) is 0 Å². The van der Waals surface area contributed by atoms with Crippen LogP contribution < -0.4 is 5.32 Å². The number of aromatic nitrogens is 1. The lowest BCUT2D eigenvalue weighted by atomic mass is 10.0. The molecule has 0 saturated carbocycles. The highest BCUT2D eigenvalue weighted by Crippen LogP contribution is 2.24. The highest BCUT2D eigenvalue weighted by Gasteiger charge is 2.12. The zero-order chi connectivity index (χ0) is 15.2. The van der Waals surface area contributed by atoms with E-state index >= 15 is 0 Å². The Balaban J connectivity index is 1.99. The van der Waals surface area contributed by atoms with Crippen molar-refractivity contribution in [3.63, 3.8) is 0 Å². The van der Waals surface area contributed by atoms with Gasteiger partial charge in [-0.25, -0.2) is 0 Å². The summed E-state index contributed by atoms with van der Waals surface area (Å²) in [6.45, 7) is 5.11. The van der Waals surface area contributed by atoms with Gasteiger partial charge in [0.2, 0.25) is 0 Å². The molecule has 4 nitrogen and oxygen atoms in total. The Morgan fingerprint density at radius 2 is 1.95 bits per heavy atom. The third-order valence-electron chi connectivity index (χ3n) is 3.72. The highest BCUT2D eigenvalue weighted by molar-refractivity contribution is 5.40. The summed E-state index contributed by atoms with van der Waals surface area (Å²) in [6, 6.07) is 10.3. The Morgan fingerprint density at radius 1 is 1.24 bits per heavy atom. The molecular formula is C17H22N2O2. The second-order valence-corrected chi connectivity index (χ2v) is 5.30. The molecule has 0 spiro atoms. The van der Waals surface area contributed by atoms with Crippen molar-refractivity contribution in [2.75, 3.05) is 6.54 Å². The number of nitrogens with one attached hydrogen (secondary N) is 1. The molecule has 0 radical (unpaired) electrons. The molecule has 0 bridgehead atoms. The van der Waals surface area contributed by atoms with Crippen molar-refractivity contribution >= 4 is 0 Å². The number of aryl methyl sites for hydroxylation is 1. The molecule has 2 aromatic rings. The Labute approximate surface area is 125 Å². The number of pyridine rings is 1. The number of aliphatic hydroxyl groups is 1. The minimum absolute atomic E-state index is 0.119. The highest BCUT2D eigenvalue weighted by atomic mass is 16.3. The van der Waals surface area contributed by atoms with E-state index in [-0.39, 0.29) is 12.4 Å². The standard InChI is InChI=1S/C17H22N2O2/c1-12(14-6-4-3-5-7-14)8-18-10-16-15(11-20)9-19-13(2)17(16)21/h3-7,9,12,18,20-21H,8,10-11H2,1-2H3. The van der Waals surface area contributed by atoms with Crippen LogP contribution in [0.1, 0.15) is 35.2 Å². The Morgan fingerprint density at radius 3 is 2.62 bits per heavy atom. The monoisotopic (exact) mass is 286 g/mol. The fourth-order valence-corrected chi connectivity index (χ4v) is 2.33. The van der Waals surface area contributed by atoms with Gasteiger partial charge in [0.15, 0.2) is 0 Å². The van der Waals surface area contributed by atoms with Crippen LogP contribution in [0.4, 0.5) is 0 Å². The van der Waals surface area contributed by atoms with Crippen LogP contribution in [0.5, 0.6) is 5.75 Å². The molecule has 0 fully saturated rings. The van der Waals surface area contributed by atoms with E-state index in [1.165, 1.54) is 5.56 Å². The second-order valence-electron chi connectivity index (χ2n) is 5.30. The van der Waals surface area contributed by atoms with Crippen LogP contribution in [-0.2, 0) is 13.2 Å². The number of aromatic hydroxyl groups is 1. The van der Waals surface area contributed by atoms with E-state index in [1.54, 1.807) is 13.1 Å². The average molecular weight is 286 g/mol. The van der Waals surface area contributed by atoms with Crippen molar-refractivity contribution in [1.29, 1.82) is 0 Å². The summed E-state index contributed by atoms with van der Waals surface area (Å²) in [6.07, 6.45) is 1.62. The lowest BCUT2D eigenvalue weighted by Gasteiger charge is -2.15. The normalized spacial score (nSPS) is 12.3. The third-order valence-corrected chi connectivity index (χ3v) is 3.72. The predicted octanol–water partition coefficient (Wildman–Crippen LogP) is 2.48. The van der Waals surface area contributed by atoms with Crippen molar-refractivity contribution in [3.05, 3.63) is 58.9 Å². The van der Waals surface area contributed by atoms with Gasteiger partial charge >= 0.3 is 0 Å². The van der Waals surface area contributed by atoms with Crippen LogP contribution in [0.25, 0.3) is 0 Å². The number of nitrogens with zero attached hydrogens (tertiary/aromatic N) is 1. The third kappa shape index (κ3) is 3.80. The van der Waals surface area contributed by atoms with Crippen LogP contribution in [-0.4, -0.2) is 21.7 Å². The first-order chi connectivity index (χ1) is 10.1. The molecule has 0 amide bonds. The van der Waals surface area contributed by atoms with Gasteiger partial charge < -0.3 is 15.5 Å².